The highest BCUT2D eigenvalue weighted by Gasteiger charge is 2.17. The van der Waals surface area contributed by atoms with Crippen LogP contribution in [0.25, 0.3) is 0 Å². The third-order valence-corrected chi connectivity index (χ3v) is 12.0. The molecule has 0 aromatic carbocycles. The normalized spacial score (nSPS) is 13.2. The summed E-state index contributed by atoms with van der Waals surface area (Å²) in [4.78, 5) is 12.4. The lowest BCUT2D eigenvalue weighted by Gasteiger charge is -2.19. The number of rotatable bonds is 48. The first-order chi connectivity index (χ1) is 29.2. The fourth-order valence-electron chi connectivity index (χ4n) is 7.99. The number of allylic oxidation sites excluding steroid dienone is 7. The van der Waals surface area contributed by atoms with E-state index in [1.165, 1.54) is 218 Å². The highest BCUT2D eigenvalue weighted by Crippen LogP contribution is 2.16. The van der Waals surface area contributed by atoms with Gasteiger partial charge in [-0.05, 0) is 64.2 Å². The van der Waals surface area contributed by atoms with Crippen molar-refractivity contribution in [3.63, 3.8) is 0 Å². The molecule has 0 rings (SSSR count). The monoisotopic (exact) mass is 826 g/mol. The molecular weight excluding hydrogens is 723 g/mol. The van der Waals surface area contributed by atoms with Crippen LogP contribution in [0.4, 0.5) is 0 Å². The lowest BCUT2D eigenvalue weighted by molar-refractivity contribution is -0.123. The van der Waals surface area contributed by atoms with Crippen molar-refractivity contribution in [1.29, 1.82) is 0 Å². The molecule has 2 unspecified atom stereocenters. The average Bonchev–Trinajstić information content (AvgIpc) is 3.24. The van der Waals surface area contributed by atoms with E-state index in [-0.39, 0.29) is 12.5 Å². The molecule has 3 N–H and O–H groups in total. The predicted molar refractivity (Wildman–Crippen MR) is 262 cm³/mol. The Morgan fingerprint density at radius 1 is 0.407 bits per heavy atom. The van der Waals surface area contributed by atoms with Gasteiger partial charge in [-0.25, -0.2) is 0 Å². The predicted octanol–water partition coefficient (Wildman–Crippen LogP) is 17.1. The van der Waals surface area contributed by atoms with E-state index < -0.39 is 12.1 Å². The van der Waals surface area contributed by atoms with Crippen LogP contribution in [0.1, 0.15) is 277 Å². The Bertz CT molecular complexity index is 939. The molecule has 0 saturated heterocycles. The molecule has 2 atom stereocenters. The summed E-state index contributed by atoms with van der Waals surface area (Å²) in [6.45, 7) is 4.29. The Kier molecular flexibility index (Phi) is 49.3. The van der Waals surface area contributed by atoms with E-state index in [1.54, 1.807) is 6.08 Å². The maximum Gasteiger partial charge on any atom is 0.220 e. The zero-order valence-corrected chi connectivity index (χ0v) is 39.8. The van der Waals surface area contributed by atoms with Gasteiger partial charge in [0.1, 0.15) is 0 Å². The maximum absolute atomic E-state index is 12.4. The van der Waals surface area contributed by atoms with E-state index in [9.17, 15) is 15.0 Å². The lowest BCUT2D eigenvalue weighted by Crippen LogP contribution is -2.45. The standard InChI is InChI=1S/C55H103NO3/c1-3-5-7-9-11-13-15-17-18-19-20-21-22-23-24-25-26-27-28-29-30-31-32-33-34-35-36-37-38-39-41-43-45-47-49-51-55(59)56-53(52-57)54(58)50-48-46-44-42-40-16-14-12-10-8-6-4-2/h22-23,25-26,40,42,48,50,53-54,57-58H,3-21,24,27-39,41,43-47,49,51-52H2,1-2H3,(H,56,59)/b23-22-,26-25-,42-40+,50-48+. The summed E-state index contributed by atoms with van der Waals surface area (Å²) in [6.07, 6.45) is 69.9. The Morgan fingerprint density at radius 3 is 1.08 bits per heavy atom. The SMILES string of the molecule is CCCCCCCC/C=C/CC/C=C/C(O)C(CO)NC(=O)CCCCCCCCCCCCCCCCCCC/C=C\C/C=C\CCCCCCCCCCCCC. The summed E-state index contributed by atoms with van der Waals surface area (Å²) in [7, 11) is 0. The van der Waals surface area contributed by atoms with Crippen LogP contribution in [0.5, 0.6) is 0 Å². The highest BCUT2D eigenvalue weighted by atomic mass is 16.3. The average molecular weight is 826 g/mol. The number of carbonyl (C=O) groups excluding carboxylic acids is 1. The number of aliphatic hydroxyl groups excluding tert-OH is 2. The summed E-state index contributed by atoms with van der Waals surface area (Å²) < 4.78 is 0. The number of carbonyl (C=O) groups is 1. The summed E-state index contributed by atoms with van der Waals surface area (Å²) in [6, 6.07) is -0.637. The van der Waals surface area contributed by atoms with Crippen LogP contribution in [0.3, 0.4) is 0 Å². The van der Waals surface area contributed by atoms with Gasteiger partial charge in [0.25, 0.3) is 0 Å². The van der Waals surface area contributed by atoms with Crippen molar-refractivity contribution in [3.8, 4) is 0 Å². The van der Waals surface area contributed by atoms with Gasteiger partial charge >= 0.3 is 0 Å². The Hall–Kier alpha value is -1.65. The van der Waals surface area contributed by atoms with Gasteiger partial charge in [-0.3, -0.25) is 4.79 Å². The minimum atomic E-state index is -0.860. The number of unbranched alkanes of at least 4 members (excludes halogenated alkanes) is 35. The Morgan fingerprint density at radius 2 is 0.712 bits per heavy atom. The number of aliphatic hydroxyl groups is 2. The molecule has 4 heteroatoms. The zero-order chi connectivity index (χ0) is 42.8. The first-order valence-corrected chi connectivity index (χ1v) is 26.4. The summed E-state index contributed by atoms with van der Waals surface area (Å²) in [5.41, 5.74) is 0. The summed E-state index contributed by atoms with van der Waals surface area (Å²) >= 11 is 0. The molecule has 1 amide bonds. The van der Waals surface area contributed by atoms with E-state index in [1.807, 2.05) is 6.08 Å². The van der Waals surface area contributed by atoms with E-state index in [2.05, 4.69) is 55.6 Å². The quantitative estimate of drug-likeness (QED) is 0.0423. The molecule has 0 bridgehead atoms. The lowest BCUT2D eigenvalue weighted by atomic mass is 10.0. The van der Waals surface area contributed by atoms with Crippen LogP contribution in [0, 0.1) is 0 Å². The number of hydrogen-bond donors (Lipinski definition) is 3. The van der Waals surface area contributed by atoms with Crippen LogP contribution in [-0.4, -0.2) is 34.9 Å². The second-order valence-corrected chi connectivity index (χ2v) is 17.9. The molecule has 0 heterocycles. The minimum Gasteiger partial charge on any atom is -0.394 e. The van der Waals surface area contributed by atoms with Crippen molar-refractivity contribution >= 4 is 5.91 Å². The maximum atomic E-state index is 12.4. The largest absolute Gasteiger partial charge is 0.394 e. The number of nitrogens with one attached hydrogen (secondary N) is 1. The molecule has 59 heavy (non-hydrogen) atoms. The molecule has 0 radical (unpaired) electrons. The third-order valence-electron chi connectivity index (χ3n) is 12.0. The van der Waals surface area contributed by atoms with Crippen molar-refractivity contribution in [2.75, 3.05) is 6.61 Å². The molecule has 0 saturated carbocycles. The number of amides is 1. The molecule has 346 valence electrons. The van der Waals surface area contributed by atoms with Crippen molar-refractivity contribution in [2.24, 2.45) is 0 Å². The van der Waals surface area contributed by atoms with Gasteiger partial charge in [-0.2, -0.15) is 0 Å². The molecule has 0 aliphatic heterocycles. The molecule has 4 nitrogen and oxygen atoms in total. The molecule has 0 fully saturated rings. The van der Waals surface area contributed by atoms with Crippen molar-refractivity contribution in [2.45, 2.75) is 289 Å². The van der Waals surface area contributed by atoms with Crippen molar-refractivity contribution in [3.05, 3.63) is 48.6 Å². The van der Waals surface area contributed by atoms with Gasteiger partial charge in [-0.15, -0.1) is 0 Å². The van der Waals surface area contributed by atoms with E-state index in [0.29, 0.717) is 6.42 Å². The topological polar surface area (TPSA) is 69.6 Å². The second-order valence-electron chi connectivity index (χ2n) is 17.9. The molecule has 0 aromatic rings. The van der Waals surface area contributed by atoms with Gasteiger partial charge in [0.2, 0.25) is 5.91 Å². The van der Waals surface area contributed by atoms with Crippen LogP contribution < -0.4 is 5.32 Å². The van der Waals surface area contributed by atoms with E-state index in [0.717, 1.165) is 38.5 Å². The molecule has 0 spiro atoms. The van der Waals surface area contributed by atoms with Crippen LogP contribution >= 0.6 is 0 Å². The Balaban J connectivity index is 3.44. The van der Waals surface area contributed by atoms with Gasteiger partial charge < -0.3 is 15.5 Å². The first-order valence-electron chi connectivity index (χ1n) is 26.4. The number of hydrogen-bond acceptors (Lipinski definition) is 3. The third kappa shape index (κ3) is 47.3. The van der Waals surface area contributed by atoms with E-state index in [4.69, 9.17) is 0 Å². The van der Waals surface area contributed by atoms with Gasteiger partial charge in [0.15, 0.2) is 0 Å². The fourth-order valence-corrected chi connectivity index (χ4v) is 7.99. The van der Waals surface area contributed by atoms with Crippen LogP contribution in [0.15, 0.2) is 48.6 Å². The minimum absolute atomic E-state index is 0.0731. The van der Waals surface area contributed by atoms with Gasteiger partial charge in [0, 0.05) is 6.42 Å². The smallest absolute Gasteiger partial charge is 0.220 e. The van der Waals surface area contributed by atoms with Gasteiger partial charge in [-0.1, -0.05) is 255 Å². The second kappa shape index (κ2) is 50.7. The summed E-state index contributed by atoms with van der Waals surface area (Å²) in [5.74, 6) is -0.0731. The highest BCUT2D eigenvalue weighted by molar-refractivity contribution is 5.76. The first kappa shape index (κ1) is 57.3. The zero-order valence-electron chi connectivity index (χ0n) is 39.8. The van der Waals surface area contributed by atoms with Crippen LogP contribution in [-0.2, 0) is 4.79 Å². The molecule has 0 aromatic heterocycles. The van der Waals surface area contributed by atoms with Gasteiger partial charge in [0.05, 0.1) is 18.8 Å². The van der Waals surface area contributed by atoms with Crippen LogP contribution in [0.2, 0.25) is 0 Å². The summed E-state index contributed by atoms with van der Waals surface area (Å²) in [5, 5.41) is 23.0. The van der Waals surface area contributed by atoms with Crippen molar-refractivity contribution < 1.29 is 15.0 Å². The molecular formula is C55H103NO3. The molecule has 0 aliphatic carbocycles. The molecule has 0 aliphatic rings. The Labute approximate surface area is 369 Å². The fraction of sp³-hybridized carbons (Fsp3) is 0.836. The van der Waals surface area contributed by atoms with E-state index >= 15 is 0 Å². The van der Waals surface area contributed by atoms with Crippen molar-refractivity contribution in [1.82, 2.24) is 5.32 Å².